The van der Waals surface area contributed by atoms with Gasteiger partial charge in [-0.25, -0.2) is 0 Å². The van der Waals surface area contributed by atoms with E-state index in [1.54, 1.807) is 5.57 Å². The molecule has 1 nitrogen and oxygen atoms in total. The molecule has 0 aromatic carbocycles. The van der Waals surface area contributed by atoms with Crippen LogP contribution in [0.2, 0.25) is 0 Å². The summed E-state index contributed by atoms with van der Waals surface area (Å²) < 4.78 is 0. The molecular weight excluding hydrogens is 158 g/mol. The summed E-state index contributed by atoms with van der Waals surface area (Å²) in [6, 6.07) is 0.646. The summed E-state index contributed by atoms with van der Waals surface area (Å²) in [4.78, 5) is 2.45. The number of nitrogens with zero attached hydrogens (tertiary/aromatic N) is 1. The summed E-state index contributed by atoms with van der Waals surface area (Å²) in [5.74, 6) is 0.693. The van der Waals surface area contributed by atoms with E-state index in [1.165, 1.54) is 5.70 Å². The van der Waals surface area contributed by atoms with Crippen LogP contribution in [0, 0.1) is 5.92 Å². The minimum atomic E-state index is 0.646. The van der Waals surface area contributed by atoms with Gasteiger partial charge >= 0.3 is 0 Å². The van der Waals surface area contributed by atoms with E-state index in [-0.39, 0.29) is 0 Å². The SMILES string of the molecule is C=CC1=C(CC)C(C)C(C)N1CC. The second-order valence-corrected chi connectivity index (χ2v) is 3.78. The first-order chi connectivity index (χ1) is 6.17. The maximum Gasteiger partial charge on any atom is 0.0358 e. The Hall–Kier alpha value is -0.720. The van der Waals surface area contributed by atoms with Gasteiger partial charge in [-0.05, 0) is 37.8 Å². The van der Waals surface area contributed by atoms with Crippen LogP contribution in [0.5, 0.6) is 0 Å². The molecule has 0 aliphatic carbocycles. The zero-order valence-corrected chi connectivity index (χ0v) is 9.30. The Balaban J connectivity index is 3.01. The standard InChI is InChI=1S/C12H21N/c1-6-11-9(4)10(5)13(8-3)12(11)7-2/h7,9-10H,2,6,8H2,1,3-5H3. The Kier molecular flexibility index (Phi) is 3.18. The predicted octanol–water partition coefficient (Wildman–Crippen LogP) is 3.20. The van der Waals surface area contributed by atoms with E-state index in [1.807, 2.05) is 6.08 Å². The lowest BCUT2D eigenvalue weighted by molar-refractivity contribution is 0.279. The fraction of sp³-hybridized carbons (Fsp3) is 0.667. The Morgan fingerprint density at radius 1 is 1.38 bits per heavy atom. The van der Waals surface area contributed by atoms with Crippen molar-refractivity contribution in [3.05, 3.63) is 23.9 Å². The molecule has 1 aliphatic rings. The summed E-state index contributed by atoms with van der Waals surface area (Å²) >= 11 is 0. The summed E-state index contributed by atoms with van der Waals surface area (Å²) in [6.45, 7) is 14.1. The molecule has 0 spiro atoms. The van der Waals surface area contributed by atoms with Gasteiger partial charge in [0.1, 0.15) is 0 Å². The second kappa shape index (κ2) is 3.99. The van der Waals surface area contributed by atoms with Crippen LogP contribution in [0.25, 0.3) is 0 Å². The molecule has 74 valence electrons. The minimum Gasteiger partial charge on any atom is -0.369 e. The van der Waals surface area contributed by atoms with Gasteiger partial charge < -0.3 is 4.90 Å². The van der Waals surface area contributed by atoms with E-state index >= 15 is 0 Å². The first kappa shape index (κ1) is 10.4. The number of allylic oxidation sites excluding steroid dienone is 1. The van der Waals surface area contributed by atoms with Crippen LogP contribution in [0.1, 0.15) is 34.1 Å². The first-order valence-electron chi connectivity index (χ1n) is 5.29. The van der Waals surface area contributed by atoms with Crippen molar-refractivity contribution in [2.75, 3.05) is 6.54 Å². The molecule has 0 radical (unpaired) electrons. The summed E-state index contributed by atoms with van der Waals surface area (Å²) in [6.07, 6.45) is 3.17. The lowest BCUT2D eigenvalue weighted by Crippen LogP contribution is -2.29. The molecule has 1 aliphatic heterocycles. The largest absolute Gasteiger partial charge is 0.369 e. The van der Waals surface area contributed by atoms with Gasteiger partial charge in [0.15, 0.2) is 0 Å². The second-order valence-electron chi connectivity index (χ2n) is 3.78. The van der Waals surface area contributed by atoms with Gasteiger partial charge in [0.05, 0.1) is 0 Å². The zero-order chi connectivity index (χ0) is 10.0. The molecule has 0 aromatic heterocycles. The van der Waals surface area contributed by atoms with E-state index in [4.69, 9.17) is 0 Å². The van der Waals surface area contributed by atoms with E-state index < -0.39 is 0 Å². The summed E-state index contributed by atoms with van der Waals surface area (Å²) in [5, 5.41) is 0. The van der Waals surface area contributed by atoms with E-state index in [0.717, 1.165) is 13.0 Å². The van der Waals surface area contributed by atoms with Crippen molar-refractivity contribution in [1.29, 1.82) is 0 Å². The summed E-state index contributed by atoms with van der Waals surface area (Å²) in [7, 11) is 0. The van der Waals surface area contributed by atoms with Crippen molar-refractivity contribution >= 4 is 0 Å². The van der Waals surface area contributed by atoms with Crippen LogP contribution >= 0.6 is 0 Å². The Bertz CT molecular complexity index is 227. The van der Waals surface area contributed by atoms with E-state index in [9.17, 15) is 0 Å². The quantitative estimate of drug-likeness (QED) is 0.643. The number of likely N-dealkylation sites (N-methyl/N-ethyl adjacent to an activating group) is 1. The van der Waals surface area contributed by atoms with Crippen LogP contribution < -0.4 is 0 Å². The highest BCUT2D eigenvalue weighted by atomic mass is 15.2. The molecule has 0 saturated heterocycles. The van der Waals surface area contributed by atoms with Gasteiger partial charge in [0, 0.05) is 18.3 Å². The fourth-order valence-corrected chi connectivity index (χ4v) is 2.41. The van der Waals surface area contributed by atoms with Crippen LogP contribution in [-0.4, -0.2) is 17.5 Å². The molecule has 13 heavy (non-hydrogen) atoms. The molecule has 0 amide bonds. The molecule has 0 aromatic rings. The highest BCUT2D eigenvalue weighted by Crippen LogP contribution is 2.35. The topological polar surface area (TPSA) is 3.24 Å². The zero-order valence-electron chi connectivity index (χ0n) is 9.30. The highest BCUT2D eigenvalue weighted by molar-refractivity contribution is 5.31. The molecule has 2 unspecified atom stereocenters. The van der Waals surface area contributed by atoms with Gasteiger partial charge in [-0.15, -0.1) is 0 Å². The number of rotatable bonds is 3. The molecule has 1 rings (SSSR count). The molecular formula is C12H21N. The van der Waals surface area contributed by atoms with Crippen molar-refractivity contribution in [1.82, 2.24) is 4.90 Å². The van der Waals surface area contributed by atoms with Crippen molar-refractivity contribution < 1.29 is 0 Å². The summed E-state index contributed by atoms with van der Waals surface area (Å²) in [5.41, 5.74) is 2.95. The molecule has 0 fully saturated rings. The van der Waals surface area contributed by atoms with E-state index in [2.05, 4.69) is 39.2 Å². The first-order valence-corrected chi connectivity index (χ1v) is 5.29. The number of hydrogen-bond donors (Lipinski definition) is 0. The van der Waals surface area contributed by atoms with Gasteiger partial charge in [-0.3, -0.25) is 0 Å². The molecule has 0 N–H and O–H groups in total. The van der Waals surface area contributed by atoms with Gasteiger partial charge in [-0.1, -0.05) is 20.4 Å². The van der Waals surface area contributed by atoms with Gasteiger partial charge in [0.25, 0.3) is 0 Å². The van der Waals surface area contributed by atoms with Crippen LogP contribution in [0.3, 0.4) is 0 Å². The lowest BCUT2D eigenvalue weighted by atomic mass is 9.95. The average molecular weight is 179 g/mol. The minimum absolute atomic E-state index is 0.646. The fourth-order valence-electron chi connectivity index (χ4n) is 2.41. The predicted molar refractivity (Wildman–Crippen MR) is 58.5 cm³/mol. The van der Waals surface area contributed by atoms with Crippen molar-refractivity contribution in [3.8, 4) is 0 Å². The third-order valence-electron chi connectivity index (χ3n) is 3.32. The maximum atomic E-state index is 3.91. The Labute approximate surface area is 82.1 Å². The van der Waals surface area contributed by atoms with Crippen molar-refractivity contribution in [2.24, 2.45) is 5.92 Å². The molecule has 2 atom stereocenters. The van der Waals surface area contributed by atoms with Crippen LogP contribution in [0.4, 0.5) is 0 Å². The molecule has 0 bridgehead atoms. The Morgan fingerprint density at radius 3 is 2.38 bits per heavy atom. The van der Waals surface area contributed by atoms with Crippen molar-refractivity contribution in [3.63, 3.8) is 0 Å². The van der Waals surface area contributed by atoms with Crippen LogP contribution in [-0.2, 0) is 0 Å². The van der Waals surface area contributed by atoms with Crippen molar-refractivity contribution in [2.45, 2.75) is 40.2 Å². The smallest absolute Gasteiger partial charge is 0.0358 e. The Morgan fingerprint density at radius 2 is 2.00 bits per heavy atom. The monoisotopic (exact) mass is 179 g/mol. The number of hydrogen-bond acceptors (Lipinski definition) is 1. The van der Waals surface area contributed by atoms with E-state index in [0.29, 0.717) is 12.0 Å². The van der Waals surface area contributed by atoms with Gasteiger partial charge in [0.2, 0.25) is 0 Å². The lowest BCUT2D eigenvalue weighted by Gasteiger charge is -2.26. The molecule has 1 heteroatoms. The third kappa shape index (κ3) is 1.52. The maximum absolute atomic E-state index is 3.91. The molecule has 0 saturated carbocycles. The van der Waals surface area contributed by atoms with Crippen LogP contribution in [0.15, 0.2) is 23.9 Å². The average Bonchev–Trinajstić information content (AvgIpc) is 2.38. The third-order valence-corrected chi connectivity index (χ3v) is 3.32. The molecule has 1 heterocycles. The van der Waals surface area contributed by atoms with Gasteiger partial charge in [-0.2, -0.15) is 0 Å². The highest BCUT2D eigenvalue weighted by Gasteiger charge is 2.31. The normalized spacial score (nSPS) is 28.5.